The average Bonchev–Trinajstić information content (AvgIpc) is 2.41. The van der Waals surface area contributed by atoms with Crippen LogP contribution < -0.4 is 9.57 Å². The van der Waals surface area contributed by atoms with E-state index in [2.05, 4.69) is 19.1 Å². The van der Waals surface area contributed by atoms with Crippen LogP contribution >= 0.6 is 0 Å². The van der Waals surface area contributed by atoms with Gasteiger partial charge in [-0.25, -0.2) is 4.84 Å². The van der Waals surface area contributed by atoms with Crippen LogP contribution in [0.15, 0.2) is 67.0 Å². The summed E-state index contributed by atoms with van der Waals surface area (Å²) in [5.74, 6) is 0.834. The van der Waals surface area contributed by atoms with Gasteiger partial charge in [0.05, 0.1) is 5.39 Å². The molecule has 0 aliphatic carbocycles. The Morgan fingerprint density at radius 1 is 0.833 bits per heavy atom. The number of fused-ring (bicyclic) bond motifs is 1. The molecule has 0 saturated carbocycles. The van der Waals surface area contributed by atoms with Crippen molar-refractivity contribution >= 4 is 10.8 Å². The molecule has 3 aromatic rings. The van der Waals surface area contributed by atoms with Crippen molar-refractivity contribution in [2.24, 2.45) is 0 Å². The van der Waals surface area contributed by atoms with Gasteiger partial charge in [0.1, 0.15) is 0 Å². The lowest BCUT2D eigenvalue weighted by Crippen LogP contribution is -2.38. The van der Waals surface area contributed by atoms with Gasteiger partial charge in [0, 0.05) is 10.8 Å². The molecule has 0 fully saturated rings. The van der Waals surface area contributed by atoms with E-state index in [1.165, 1.54) is 10.9 Å². The average molecular weight is 236 g/mol. The minimum Gasteiger partial charge on any atom is -0.232 e. The number of aromatic nitrogens is 1. The Morgan fingerprint density at radius 2 is 1.56 bits per heavy atom. The summed E-state index contributed by atoms with van der Waals surface area (Å²) in [7, 11) is 0. The van der Waals surface area contributed by atoms with Crippen LogP contribution in [0.25, 0.3) is 10.8 Å². The summed E-state index contributed by atoms with van der Waals surface area (Å²) in [6, 6.07) is 18.3. The van der Waals surface area contributed by atoms with E-state index in [9.17, 15) is 0 Å². The minimum absolute atomic E-state index is 0.834. The molecule has 1 heterocycles. The zero-order valence-corrected chi connectivity index (χ0v) is 10.2. The van der Waals surface area contributed by atoms with E-state index in [-0.39, 0.29) is 0 Å². The van der Waals surface area contributed by atoms with Gasteiger partial charge in [0.25, 0.3) is 0 Å². The van der Waals surface area contributed by atoms with Crippen molar-refractivity contribution in [3.05, 3.63) is 72.6 Å². The second-order valence-electron chi connectivity index (χ2n) is 4.34. The number of nitrogens with zero attached hydrogens (tertiary/aromatic N) is 1. The predicted molar refractivity (Wildman–Crippen MR) is 71.3 cm³/mol. The van der Waals surface area contributed by atoms with Crippen LogP contribution in [-0.4, -0.2) is 0 Å². The monoisotopic (exact) mass is 236 g/mol. The molecule has 0 N–H and O–H groups in total. The van der Waals surface area contributed by atoms with Gasteiger partial charge < -0.3 is 0 Å². The summed E-state index contributed by atoms with van der Waals surface area (Å²) in [6.07, 6.45) is 3.90. The molecular formula is C16H14NO+. The van der Waals surface area contributed by atoms with E-state index in [1.54, 1.807) is 4.73 Å². The number of rotatable bonds is 2. The third-order valence-corrected chi connectivity index (χ3v) is 2.90. The first-order chi connectivity index (χ1) is 8.81. The Kier molecular flexibility index (Phi) is 2.69. The Hall–Kier alpha value is -2.35. The smallest absolute Gasteiger partial charge is 0.230 e. The van der Waals surface area contributed by atoms with Crippen LogP contribution in [-0.2, 0) is 0 Å². The van der Waals surface area contributed by atoms with Crippen LogP contribution in [0.4, 0.5) is 0 Å². The number of pyridine rings is 1. The van der Waals surface area contributed by atoms with Crippen LogP contribution in [0.2, 0.25) is 0 Å². The normalized spacial score (nSPS) is 10.5. The number of hydrogen-bond donors (Lipinski definition) is 0. The maximum Gasteiger partial charge on any atom is 0.230 e. The Balaban J connectivity index is 1.92. The standard InChI is InChI=1S/C16H14NO/c1-13-6-8-16(9-7-13)18-17-11-10-14-4-2-3-5-15(14)12-17/h2-12H,1H3/q+1. The molecule has 18 heavy (non-hydrogen) atoms. The maximum atomic E-state index is 5.76. The lowest BCUT2D eigenvalue weighted by atomic mass is 10.2. The fourth-order valence-corrected chi connectivity index (χ4v) is 1.89. The molecular weight excluding hydrogens is 222 g/mol. The quantitative estimate of drug-likeness (QED) is 0.622. The summed E-state index contributed by atoms with van der Waals surface area (Å²) in [5.41, 5.74) is 1.23. The highest BCUT2D eigenvalue weighted by Crippen LogP contribution is 2.12. The SMILES string of the molecule is Cc1ccc(O[n+]2ccc3ccccc3c2)cc1. The fourth-order valence-electron chi connectivity index (χ4n) is 1.89. The van der Waals surface area contributed by atoms with Gasteiger partial charge >= 0.3 is 0 Å². The summed E-state index contributed by atoms with van der Waals surface area (Å²) in [6.45, 7) is 2.06. The second kappa shape index (κ2) is 4.49. The van der Waals surface area contributed by atoms with Crippen molar-refractivity contribution in [2.45, 2.75) is 6.92 Å². The highest BCUT2D eigenvalue weighted by Gasteiger charge is 2.05. The molecule has 0 aliphatic rings. The Morgan fingerprint density at radius 3 is 2.33 bits per heavy atom. The maximum absolute atomic E-state index is 5.76. The molecule has 0 amide bonds. The first-order valence-corrected chi connectivity index (χ1v) is 5.96. The first kappa shape index (κ1) is 10.8. The van der Waals surface area contributed by atoms with Crippen molar-refractivity contribution in [1.82, 2.24) is 0 Å². The lowest BCUT2D eigenvalue weighted by molar-refractivity contribution is -0.874. The molecule has 0 bridgehead atoms. The van der Waals surface area contributed by atoms with Gasteiger partial charge in [-0.3, -0.25) is 0 Å². The number of aryl methyl sites for hydroxylation is 1. The van der Waals surface area contributed by atoms with E-state index in [0.717, 1.165) is 11.1 Å². The van der Waals surface area contributed by atoms with E-state index < -0.39 is 0 Å². The van der Waals surface area contributed by atoms with E-state index >= 15 is 0 Å². The van der Waals surface area contributed by atoms with Gasteiger partial charge in [-0.1, -0.05) is 35.9 Å². The molecule has 0 saturated heterocycles. The third kappa shape index (κ3) is 2.18. The van der Waals surface area contributed by atoms with Crippen molar-refractivity contribution in [3.8, 4) is 5.75 Å². The highest BCUT2D eigenvalue weighted by atomic mass is 16.7. The summed E-state index contributed by atoms with van der Waals surface area (Å²) in [5, 5.41) is 2.37. The van der Waals surface area contributed by atoms with E-state index in [4.69, 9.17) is 4.84 Å². The van der Waals surface area contributed by atoms with Crippen molar-refractivity contribution in [3.63, 3.8) is 0 Å². The zero-order chi connectivity index (χ0) is 12.4. The molecule has 1 aromatic heterocycles. The molecule has 0 unspecified atom stereocenters. The Bertz CT molecular complexity index is 674. The Labute approximate surface area is 106 Å². The van der Waals surface area contributed by atoms with Crippen molar-refractivity contribution in [2.75, 3.05) is 0 Å². The van der Waals surface area contributed by atoms with E-state index in [1.807, 2.05) is 54.9 Å². The number of benzene rings is 2. The van der Waals surface area contributed by atoms with Gasteiger partial charge in [-0.05, 0) is 30.5 Å². The van der Waals surface area contributed by atoms with Crippen molar-refractivity contribution < 1.29 is 9.57 Å². The summed E-state index contributed by atoms with van der Waals surface area (Å²) in [4.78, 5) is 5.76. The van der Waals surface area contributed by atoms with Crippen LogP contribution in [0.3, 0.4) is 0 Å². The van der Waals surface area contributed by atoms with Gasteiger partial charge in [0.15, 0.2) is 0 Å². The zero-order valence-electron chi connectivity index (χ0n) is 10.2. The lowest BCUT2D eigenvalue weighted by Gasteiger charge is -1.99. The van der Waals surface area contributed by atoms with E-state index in [0.29, 0.717) is 0 Å². The number of hydrogen-bond acceptors (Lipinski definition) is 1. The molecule has 2 aromatic carbocycles. The molecule has 88 valence electrons. The predicted octanol–water partition coefficient (Wildman–Crippen LogP) is 3.28. The topological polar surface area (TPSA) is 13.1 Å². The first-order valence-electron chi connectivity index (χ1n) is 5.96. The molecule has 0 radical (unpaired) electrons. The van der Waals surface area contributed by atoms with Crippen LogP contribution in [0.5, 0.6) is 5.75 Å². The minimum atomic E-state index is 0.834. The van der Waals surface area contributed by atoms with Crippen LogP contribution in [0.1, 0.15) is 5.56 Å². The molecule has 0 atom stereocenters. The largest absolute Gasteiger partial charge is 0.232 e. The molecule has 2 heteroatoms. The third-order valence-electron chi connectivity index (χ3n) is 2.90. The highest BCUT2D eigenvalue weighted by molar-refractivity contribution is 5.80. The second-order valence-corrected chi connectivity index (χ2v) is 4.34. The molecule has 3 rings (SSSR count). The van der Waals surface area contributed by atoms with Gasteiger partial charge in [-0.15, -0.1) is 0 Å². The van der Waals surface area contributed by atoms with Gasteiger partial charge in [-0.2, -0.15) is 0 Å². The fraction of sp³-hybridized carbons (Fsp3) is 0.0625. The molecule has 2 nitrogen and oxygen atoms in total. The molecule has 0 spiro atoms. The van der Waals surface area contributed by atoms with Crippen LogP contribution in [0, 0.1) is 6.92 Å². The molecule has 0 aliphatic heterocycles. The van der Waals surface area contributed by atoms with Crippen molar-refractivity contribution in [1.29, 1.82) is 0 Å². The summed E-state index contributed by atoms with van der Waals surface area (Å²) >= 11 is 0. The van der Waals surface area contributed by atoms with Gasteiger partial charge in [0.2, 0.25) is 18.1 Å². The summed E-state index contributed by atoms with van der Waals surface area (Å²) < 4.78 is 1.73.